The molecule has 1 saturated heterocycles. The van der Waals surface area contributed by atoms with E-state index < -0.39 is 65.1 Å². The predicted molar refractivity (Wildman–Crippen MR) is 231 cm³/mol. The zero-order valence-corrected chi connectivity index (χ0v) is 34.6. The molecule has 310 valence electrons. The molecule has 0 bridgehead atoms. The third-order valence-corrected chi connectivity index (χ3v) is 11.1. The summed E-state index contributed by atoms with van der Waals surface area (Å²) >= 11 is 1.31. The van der Waals surface area contributed by atoms with Gasteiger partial charge in [0.25, 0.3) is 5.91 Å². The molecule has 0 aromatic heterocycles. The van der Waals surface area contributed by atoms with Gasteiger partial charge in [-0.3, -0.25) is 14.5 Å². The SMILES string of the molecule is CC(C)(C)OC(=O)N[C@@H](C(=O)N[C@@H]1C(=O)N2C(C(=O)OC(c3ccccc3)c3ccccc3)=C(/C=C/C(=O)OC(c3ccccc3)c3ccccc3)CS[C@H]12)c1ccccc1. The highest BCUT2D eigenvalue weighted by Gasteiger charge is 2.55. The van der Waals surface area contributed by atoms with Crippen molar-refractivity contribution in [3.63, 3.8) is 0 Å². The monoisotopic (exact) mass is 835 g/mol. The van der Waals surface area contributed by atoms with Gasteiger partial charge in [0.15, 0.2) is 12.2 Å². The van der Waals surface area contributed by atoms with Gasteiger partial charge in [-0.1, -0.05) is 152 Å². The van der Waals surface area contributed by atoms with E-state index in [4.69, 9.17) is 14.2 Å². The van der Waals surface area contributed by atoms with Crippen molar-refractivity contribution in [3.05, 3.63) is 203 Å². The van der Waals surface area contributed by atoms with Crippen LogP contribution < -0.4 is 10.6 Å². The number of β-lactam (4-membered cyclic amide) rings is 1. The van der Waals surface area contributed by atoms with Crippen molar-refractivity contribution in [2.75, 3.05) is 5.75 Å². The maximum Gasteiger partial charge on any atom is 0.408 e. The number of allylic oxidation sites excluding steroid dienone is 1. The summed E-state index contributed by atoms with van der Waals surface area (Å²) in [5.41, 5.74) is 2.92. The van der Waals surface area contributed by atoms with Gasteiger partial charge in [-0.05, 0) is 60.2 Å². The Morgan fingerprint density at radius 3 is 1.57 bits per heavy atom. The van der Waals surface area contributed by atoms with Crippen molar-refractivity contribution in [2.45, 2.75) is 56.0 Å². The van der Waals surface area contributed by atoms with E-state index in [1.54, 1.807) is 51.1 Å². The van der Waals surface area contributed by atoms with Crippen LogP contribution >= 0.6 is 11.8 Å². The number of fused-ring (bicyclic) bond motifs is 1. The standard InChI is InChI=1S/C49H45N3O8S/c1-49(2,3)60-48(57)51-39(32-19-9-4-10-20-32)44(54)50-40-45(55)52-41(47(56)59-43(35-25-15-7-16-26-35)36-27-17-8-18-28-36)37(31-61-46(40)52)29-30-38(53)58-42(33-21-11-5-12-22-33)34-23-13-6-14-24-34/h4-30,39-40,42-43,46H,31H2,1-3H3,(H,50,54)(H,51,57)/b30-29+/t39-,40-,46-/m1/s1. The molecule has 11 nitrogen and oxygen atoms in total. The van der Waals surface area contributed by atoms with Gasteiger partial charge in [0.1, 0.15) is 28.8 Å². The number of thioether (sulfide) groups is 1. The van der Waals surface area contributed by atoms with Gasteiger partial charge < -0.3 is 24.8 Å². The van der Waals surface area contributed by atoms with Crippen LogP contribution in [0.25, 0.3) is 0 Å². The quantitative estimate of drug-likeness (QED) is 0.0521. The Kier molecular flexibility index (Phi) is 13.1. The molecule has 3 atom stereocenters. The van der Waals surface area contributed by atoms with Crippen molar-refractivity contribution >= 4 is 41.6 Å². The third kappa shape index (κ3) is 10.3. The van der Waals surface area contributed by atoms with Gasteiger partial charge in [0.05, 0.1) is 0 Å². The molecule has 0 radical (unpaired) electrons. The molecule has 0 unspecified atom stereocenters. The summed E-state index contributed by atoms with van der Waals surface area (Å²) < 4.78 is 17.7. The Labute approximate surface area is 358 Å². The van der Waals surface area contributed by atoms with Crippen LogP contribution in [-0.2, 0) is 33.4 Å². The number of carbonyl (C=O) groups excluding carboxylic acids is 5. The molecule has 2 aliphatic heterocycles. The fourth-order valence-corrected chi connectivity index (χ4v) is 8.34. The summed E-state index contributed by atoms with van der Waals surface area (Å²) in [5.74, 6) is -2.50. The highest BCUT2D eigenvalue weighted by molar-refractivity contribution is 8.00. The normalized spacial score (nSPS) is 16.7. The van der Waals surface area contributed by atoms with Crippen LogP contribution in [0.5, 0.6) is 0 Å². The molecule has 0 aliphatic carbocycles. The average molecular weight is 836 g/mol. The first-order valence-electron chi connectivity index (χ1n) is 19.8. The largest absolute Gasteiger partial charge is 0.449 e. The molecular formula is C49H45N3O8S. The maximum atomic E-state index is 14.6. The van der Waals surface area contributed by atoms with Crippen molar-refractivity contribution in [1.29, 1.82) is 0 Å². The first kappa shape index (κ1) is 42.2. The van der Waals surface area contributed by atoms with E-state index >= 15 is 0 Å². The van der Waals surface area contributed by atoms with Gasteiger partial charge in [-0.15, -0.1) is 11.8 Å². The number of hydrogen-bond acceptors (Lipinski definition) is 9. The number of alkyl carbamates (subject to hydrolysis) is 1. The first-order chi connectivity index (χ1) is 29.5. The molecule has 3 amide bonds. The summed E-state index contributed by atoms with van der Waals surface area (Å²) in [6, 6.07) is 43.6. The Hall–Kier alpha value is -6.92. The summed E-state index contributed by atoms with van der Waals surface area (Å²) in [7, 11) is 0. The number of hydrogen-bond donors (Lipinski definition) is 2. The topological polar surface area (TPSA) is 140 Å². The number of benzene rings is 5. The van der Waals surface area contributed by atoms with E-state index in [2.05, 4.69) is 10.6 Å². The van der Waals surface area contributed by atoms with Crippen molar-refractivity contribution in [2.24, 2.45) is 0 Å². The van der Waals surface area contributed by atoms with Crippen molar-refractivity contribution in [1.82, 2.24) is 15.5 Å². The van der Waals surface area contributed by atoms with E-state index in [-0.39, 0.29) is 11.4 Å². The second kappa shape index (κ2) is 19.0. The second-order valence-electron chi connectivity index (χ2n) is 15.3. The summed E-state index contributed by atoms with van der Waals surface area (Å²) in [6.07, 6.45) is 0.375. The van der Waals surface area contributed by atoms with Crippen LogP contribution in [0.15, 0.2) is 175 Å². The van der Waals surface area contributed by atoms with Crippen LogP contribution in [0, 0.1) is 0 Å². The van der Waals surface area contributed by atoms with E-state index in [1.165, 1.54) is 28.8 Å². The number of ether oxygens (including phenoxy) is 3. The fraction of sp³-hybridized carbons (Fsp3) is 0.204. The van der Waals surface area contributed by atoms with Crippen LogP contribution in [0.4, 0.5) is 4.79 Å². The molecule has 7 rings (SSSR count). The number of carbonyl (C=O) groups is 5. The van der Waals surface area contributed by atoms with E-state index in [0.29, 0.717) is 22.3 Å². The molecule has 5 aromatic carbocycles. The van der Waals surface area contributed by atoms with Gasteiger partial charge in [-0.25, -0.2) is 14.4 Å². The molecule has 61 heavy (non-hydrogen) atoms. The molecular weight excluding hydrogens is 791 g/mol. The zero-order chi connectivity index (χ0) is 42.9. The maximum absolute atomic E-state index is 14.6. The molecule has 2 N–H and O–H groups in total. The van der Waals surface area contributed by atoms with Gasteiger partial charge in [-0.2, -0.15) is 0 Å². The minimum absolute atomic E-state index is 0.0608. The lowest BCUT2D eigenvalue weighted by Crippen LogP contribution is -2.71. The van der Waals surface area contributed by atoms with Gasteiger partial charge in [0.2, 0.25) is 5.91 Å². The number of nitrogens with zero attached hydrogens (tertiary/aromatic N) is 1. The van der Waals surface area contributed by atoms with Crippen molar-refractivity contribution in [3.8, 4) is 0 Å². The van der Waals surface area contributed by atoms with E-state index in [9.17, 15) is 24.0 Å². The minimum atomic E-state index is -1.19. The van der Waals surface area contributed by atoms with Gasteiger partial charge >= 0.3 is 18.0 Å². The van der Waals surface area contributed by atoms with Crippen molar-refractivity contribution < 1.29 is 38.2 Å². The summed E-state index contributed by atoms with van der Waals surface area (Å²) in [4.78, 5) is 70.5. The zero-order valence-electron chi connectivity index (χ0n) is 33.8. The fourth-order valence-electron chi connectivity index (χ4n) is 7.02. The van der Waals surface area contributed by atoms with Crippen LogP contribution in [0.2, 0.25) is 0 Å². The lowest BCUT2D eigenvalue weighted by molar-refractivity contribution is -0.154. The molecule has 1 fully saturated rings. The highest BCUT2D eigenvalue weighted by Crippen LogP contribution is 2.42. The molecule has 2 aliphatic rings. The summed E-state index contributed by atoms with van der Waals surface area (Å²) in [6.45, 7) is 5.13. The van der Waals surface area contributed by atoms with Crippen LogP contribution in [-0.4, -0.2) is 57.5 Å². The third-order valence-electron chi connectivity index (χ3n) is 9.83. The molecule has 12 heteroatoms. The number of esters is 2. The lowest BCUT2D eigenvalue weighted by Gasteiger charge is -2.49. The Morgan fingerprint density at radius 2 is 1.11 bits per heavy atom. The predicted octanol–water partition coefficient (Wildman–Crippen LogP) is 8.13. The first-order valence-corrected chi connectivity index (χ1v) is 20.8. The highest BCUT2D eigenvalue weighted by atomic mass is 32.2. The average Bonchev–Trinajstić information content (AvgIpc) is 3.28. The number of amides is 3. The molecule has 0 spiro atoms. The summed E-state index contributed by atoms with van der Waals surface area (Å²) in [5, 5.41) is 4.74. The Bertz CT molecular complexity index is 2330. The van der Waals surface area contributed by atoms with Gasteiger partial charge in [0, 0.05) is 11.8 Å². The molecule has 0 saturated carbocycles. The second-order valence-corrected chi connectivity index (χ2v) is 16.4. The Balaban J connectivity index is 1.18. The molecule has 5 aromatic rings. The van der Waals surface area contributed by atoms with Crippen LogP contribution in [0.1, 0.15) is 66.8 Å². The van der Waals surface area contributed by atoms with Crippen LogP contribution in [0.3, 0.4) is 0 Å². The van der Waals surface area contributed by atoms with E-state index in [0.717, 1.165) is 11.1 Å². The minimum Gasteiger partial charge on any atom is -0.449 e. The number of nitrogens with one attached hydrogen (secondary N) is 2. The lowest BCUT2D eigenvalue weighted by atomic mass is 9.99. The number of rotatable bonds is 13. The molecule has 2 heterocycles. The Morgan fingerprint density at radius 1 is 0.672 bits per heavy atom. The smallest absolute Gasteiger partial charge is 0.408 e. The van der Waals surface area contributed by atoms with E-state index in [1.807, 2.05) is 121 Å².